The zero-order chi connectivity index (χ0) is 18.1. The van der Waals surface area contributed by atoms with Crippen LogP contribution in [0.25, 0.3) is 0 Å². The summed E-state index contributed by atoms with van der Waals surface area (Å²) in [5, 5.41) is 3.42. The predicted octanol–water partition coefficient (Wildman–Crippen LogP) is 3.84. The Morgan fingerprint density at radius 3 is 2.81 bits per heavy atom. The van der Waals surface area contributed by atoms with Crippen molar-refractivity contribution in [2.75, 3.05) is 51.8 Å². The molecule has 0 aromatic heterocycles. The van der Waals surface area contributed by atoms with Gasteiger partial charge in [0.05, 0.1) is 12.8 Å². The van der Waals surface area contributed by atoms with Gasteiger partial charge in [-0.05, 0) is 37.8 Å². The van der Waals surface area contributed by atoms with E-state index in [1.807, 2.05) is 12.1 Å². The Kier molecular flexibility index (Phi) is 10.8. The van der Waals surface area contributed by atoms with Gasteiger partial charge in [0.2, 0.25) is 0 Å². The molecule has 0 saturated carbocycles. The molecule has 1 aliphatic heterocycles. The lowest BCUT2D eigenvalue weighted by Gasteiger charge is -2.23. The largest absolute Gasteiger partial charge is 0.495 e. The maximum absolute atomic E-state index is 5.51. The van der Waals surface area contributed by atoms with Crippen LogP contribution < -0.4 is 15.0 Å². The van der Waals surface area contributed by atoms with Crippen LogP contribution in [-0.2, 0) is 0 Å². The van der Waals surface area contributed by atoms with Crippen LogP contribution in [-0.4, -0.2) is 57.7 Å². The lowest BCUT2D eigenvalue weighted by Crippen LogP contribution is -2.39. The van der Waals surface area contributed by atoms with Gasteiger partial charge in [0, 0.05) is 39.8 Å². The van der Waals surface area contributed by atoms with E-state index in [1.54, 1.807) is 7.11 Å². The van der Waals surface area contributed by atoms with Gasteiger partial charge in [-0.3, -0.25) is 4.99 Å². The number of nitrogens with one attached hydrogen (secondary N) is 1. The molecule has 1 N–H and O–H groups in total. The smallest absolute Gasteiger partial charge is 0.193 e. The average molecular weight is 474 g/mol. The van der Waals surface area contributed by atoms with E-state index in [4.69, 9.17) is 9.73 Å². The summed E-state index contributed by atoms with van der Waals surface area (Å²) in [6.45, 7) is 9.31. The van der Waals surface area contributed by atoms with Gasteiger partial charge in [-0.2, -0.15) is 0 Å². The summed E-state index contributed by atoms with van der Waals surface area (Å²) in [5.74, 6) is 2.59. The number of nitrogens with zero attached hydrogens (tertiary/aromatic N) is 3. The number of methoxy groups -OCH3 is 1. The zero-order valence-corrected chi connectivity index (χ0v) is 19.0. The standard InChI is InChI=1S/C20H34N4O.HI/c1-5-7-13-23(3)20(21-6-2)22-15-17-12-14-24(16-17)18-10-8-9-11-19(18)25-4;/h8-11,17H,5-7,12-16H2,1-4H3,(H,21,22);1H. The molecule has 0 aliphatic carbocycles. The minimum absolute atomic E-state index is 0. The van der Waals surface area contributed by atoms with Gasteiger partial charge in [-0.15, -0.1) is 24.0 Å². The lowest BCUT2D eigenvalue weighted by molar-refractivity contribution is 0.414. The van der Waals surface area contributed by atoms with Gasteiger partial charge < -0.3 is 19.9 Å². The van der Waals surface area contributed by atoms with Gasteiger partial charge in [0.1, 0.15) is 5.75 Å². The molecule has 1 aromatic carbocycles. The number of para-hydroxylation sites is 2. The number of anilines is 1. The monoisotopic (exact) mass is 474 g/mol. The molecule has 1 aliphatic rings. The third-order valence-electron chi connectivity index (χ3n) is 4.75. The predicted molar refractivity (Wildman–Crippen MR) is 122 cm³/mol. The summed E-state index contributed by atoms with van der Waals surface area (Å²) in [7, 11) is 3.87. The number of hydrogen-bond donors (Lipinski definition) is 1. The number of benzene rings is 1. The first-order valence-electron chi connectivity index (χ1n) is 9.57. The summed E-state index contributed by atoms with van der Waals surface area (Å²) >= 11 is 0. The second-order valence-electron chi connectivity index (χ2n) is 6.74. The van der Waals surface area contributed by atoms with E-state index in [2.05, 4.69) is 48.1 Å². The SMILES string of the molecule is CCCCN(C)C(=NCC1CCN(c2ccccc2OC)C1)NCC.I. The summed E-state index contributed by atoms with van der Waals surface area (Å²) in [6.07, 6.45) is 3.59. The minimum Gasteiger partial charge on any atom is -0.495 e. The van der Waals surface area contributed by atoms with Gasteiger partial charge >= 0.3 is 0 Å². The first-order chi connectivity index (χ1) is 12.2. The number of aliphatic imine (C=N–C) groups is 1. The van der Waals surface area contributed by atoms with Crippen molar-refractivity contribution in [1.29, 1.82) is 0 Å². The Morgan fingerprint density at radius 2 is 2.12 bits per heavy atom. The first kappa shape index (κ1) is 22.9. The van der Waals surface area contributed by atoms with Crippen molar-refractivity contribution in [2.24, 2.45) is 10.9 Å². The number of hydrogen-bond acceptors (Lipinski definition) is 3. The third-order valence-corrected chi connectivity index (χ3v) is 4.75. The maximum atomic E-state index is 5.51. The molecule has 1 unspecified atom stereocenters. The van der Waals surface area contributed by atoms with Crippen molar-refractivity contribution in [2.45, 2.75) is 33.1 Å². The highest BCUT2D eigenvalue weighted by Gasteiger charge is 2.24. The second kappa shape index (κ2) is 12.3. The van der Waals surface area contributed by atoms with E-state index in [9.17, 15) is 0 Å². The van der Waals surface area contributed by atoms with Crippen LogP contribution in [0.5, 0.6) is 5.75 Å². The second-order valence-corrected chi connectivity index (χ2v) is 6.74. The average Bonchev–Trinajstić information content (AvgIpc) is 3.11. The van der Waals surface area contributed by atoms with Crippen LogP contribution in [0.1, 0.15) is 33.1 Å². The molecule has 1 aromatic rings. The Morgan fingerprint density at radius 1 is 1.35 bits per heavy atom. The number of ether oxygens (including phenoxy) is 1. The maximum Gasteiger partial charge on any atom is 0.193 e. The van der Waals surface area contributed by atoms with E-state index < -0.39 is 0 Å². The molecule has 26 heavy (non-hydrogen) atoms. The van der Waals surface area contributed by atoms with Crippen LogP contribution in [0.4, 0.5) is 5.69 Å². The number of unbranched alkanes of at least 4 members (excludes halogenated alkanes) is 1. The van der Waals surface area contributed by atoms with Crippen molar-refractivity contribution in [3.05, 3.63) is 24.3 Å². The molecule has 0 bridgehead atoms. The van der Waals surface area contributed by atoms with E-state index in [1.165, 1.54) is 24.9 Å². The first-order valence-corrected chi connectivity index (χ1v) is 9.57. The highest BCUT2D eigenvalue weighted by atomic mass is 127. The van der Waals surface area contributed by atoms with Crippen molar-refractivity contribution < 1.29 is 4.74 Å². The lowest BCUT2D eigenvalue weighted by atomic mass is 10.1. The Balaban J connectivity index is 0.00000338. The van der Waals surface area contributed by atoms with Crippen LogP contribution in [0, 0.1) is 5.92 Å². The normalized spacial score (nSPS) is 17.0. The zero-order valence-electron chi connectivity index (χ0n) is 16.7. The quantitative estimate of drug-likeness (QED) is 0.353. The molecular formula is C20H35IN4O. The molecule has 6 heteroatoms. The van der Waals surface area contributed by atoms with Crippen LogP contribution in [0.2, 0.25) is 0 Å². The molecular weight excluding hydrogens is 439 g/mol. The number of guanidine groups is 1. The van der Waals surface area contributed by atoms with E-state index >= 15 is 0 Å². The van der Waals surface area contributed by atoms with Gasteiger partial charge in [0.25, 0.3) is 0 Å². The minimum atomic E-state index is 0. The highest BCUT2D eigenvalue weighted by molar-refractivity contribution is 14.0. The van der Waals surface area contributed by atoms with Crippen molar-refractivity contribution >= 4 is 35.6 Å². The molecule has 0 spiro atoms. The van der Waals surface area contributed by atoms with Crippen molar-refractivity contribution in [1.82, 2.24) is 10.2 Å². The van der Waals surface area contributed by atoms with E-state index in [0.29, 0.717) is 5.92 Å². The van der Waals surface area contributed by atoms with Crippen LogP contribution in [0.15, 0.2) is 29.3 Å². The molecule has 1 atom stereocenters. The van der Waals surface area contributed by atoms with Crippen LogP contribution in [0.3, 0.4) is 0 Å². The Labute approximate surface area is 176 Å². The van der Waals surface area contributed by atoms with E-state index in [-0.39, 0.29) is 24.0 Å². The molecule has 148 valence electrons. The van der Waals surface area contributed by atoms with Gasteiger partial charge in [0.15, 0.2) is 5.96 Å². The molecule has 0 radical (unpaired) electrons. The highest BCUT2D eigenvalue weighted by Crippen LogP contribution is 2.31. The Bertz CT molecular complexity index is 552. The third kappa shape index (κ3) is 6.52. The van der Waals surface area contributed by atoms with Gasteiger partial charge in [-0.25, -0.2) is 0 Å². The fraction of sp³-hybridized carbons (Fsp3) is 0.650. The molecule has 1 fully saturated rings. The summed E-state index contributed by atoms with van der Waals surface area (Å²) in [5.41, 5.74) is 1.20. The summed E-state index contributed by atoms with van der Waals surface area (Å²) in [4.78, 5) is 9.57. The van der Waals surface area contributed by atoms with Crippen molar-refractivity contribution in [3.63, 3.8) is 0 Å². The topological polar surface area (TPSA) is 40.1 Å². The molecule has 2 rings (SSSR count). The molecule has 1 saturated heterocycles. The van der Waals surface area contributed by atoms with E-state index in [0.717, 1.165) is 44.4 Å². The summed E-state index contributed by atoms with van der Waals surface area (Å²) in [6, 6.07) is 8.28. The molecule has 0 amide bonds. The Hall–Kier alpha value is -1.18. The fourth-order valence-electron chi connectivity index (χ4n) is 3.28. The summed E-state index contributed by atoms with van der Waals surface area (Å²) < 4.78 is 5.51. The number of halogens is 1. The molecule has 1 heterocycles. The van der Waals surface area contributed by atoms with Crippen molar-refractivity contribution in [3.8, 4) is 5.75 Å². The number of rotatable bonds is 8. The van der Waals surface area contributed by atoms with Crippen LogP contribution >= 0.6 is 24.0 Å². The molecule has 5 nitrogen and oxygen atoms in total. The van der Waals surface area contributed by atoms with Gasteiger partial charge in [-0.1, -0.05) is 25.5 Å². The fourth-order valence-corrected chi connectivity index (χ4v) is 3.28.